The monoisotopic (exact) mass is 380 g/mol. The second-order valence-electron chi connectivity index (χ2n) is 7.72. The van der Waals surface area contributed by atoms with Gasteiger partial charge in [0.2, 0.25) is 5.91 Å². The summed E-state index contributed by atoms with van der Waals surface area (Å²) in [6, 6.07) is 15.7. The third kappa shape index (κ3) is 4.91. The van der Waals surface area contributed by atoms with Crippen LogP contribution in [-0.2, 0) is 17.8 Å². The lowest BCUT2D eigenvalue weighted by Gasteiger charge is -2.15. The highest BCUT2D eigenvalue weighted by molar-refractivity contribution is 5.76. The molecule has 5 nitrogen and oxygen atoms in total. The molecule has 2 aromatic carbocycles. The number of rotatable bonds is 8. The molecule has 0 aliphatic rings. The molecule has 0 spiro atoms. The Morgan fingerprint density at radius 3 is 2.50 bits per heavy atom. The fourth-order valence-electron chi connectivity index (χ4n) is 3.43. The van der Waals surface area contributed by atoms with Crippen molar-refractivity contribution in [2.24, 2.45) is 5.92 Å². The molecule has 0 aliphatic carbocycles. The van der Waals surface area contributed by atoms with E-state index < -0.39 is 0 Å². The molecule has 1 heterocycles. The minimum atomic E-state index is -0.378. The summed E-state index contributed by atoms with van der Waals surface area (Å²) >= 11 is 0. The molecule has 3 rings (SSSR count). The summed E-state index contributed by atoms with van der Waals surface area (Å²) in [4.78, 5) is 24.3. The van der Waals surface area contributed by atoms with Crippen LogP contribution in [0.1, 0.15) is 50.8 Å². The van der Waals surface area contributed by atoms with Crippen LogP contribution in [-0.4, -0.2) is 10.5 Å². The van der Waals surface area contributed by atoms with E-state index in [1.807, 2.05) is 25.1 Å². The van der Waals surface area contributed by atoms with E-state index in [4.69, 9.17) is 4.42 Å². The van der Waals surface area contributed by atoms with Gasteiger partial charge in [0.05, 0.1) is 11.6 Å². The average Bonchev–Trinajstić information content (AvgIpc) is 2.97. The number of para-hydroxylation sites is 2. The molecule has 1 unspecified atom stereocenters. The molecule has 1 atom stereocenters. The van der Waals surface area contributed by atoms with Crippen LogP contribution >= 0.6 is 0 Å². The Labute approximate surface area is 165 Å². The Morgan fingerprint density at radius 2 is 1.79 bits per heavy atom. The van der Waals surface area contributed by atoms with Gasteiger partial charge in [-0.1, -0.05) is 50.2 Å². The van der Waals surface area contributed by atoms with Gasteiger partial charge >= 0.3 is 5.76 Å². The molecule has 0 radical (unpaired) electrons. The van der Waals surface area contributed by atoms with E-state index in [1.54, 1.807) is 10.6 Å². The van der Waals surface area contributed by atoms with Crippen LogP contribution in [0.2, 0.25) is 0 Å². The van der Waals surface area contributed by atoms with Crippen molar-refractivity contribution in [3.8, 4) is 0 Å². The van der Waals surface area contributed by atoms with Crippen LogP contribution in [0.15, 0.2) is 57.7 Å². The van der Waals surface area contributed by atoms with Gasteiger partial charge in [-0.25, -0.2) is 4.79 Å². The Hall–Kier alpha value is -2.82. The van der Waals surface area contributed by atoms with Crippen molar-refractivity contribution in [3.63, 3.8) is 0 Å². The lowest BCUT2D eigenvalue weighted by Crippen LogP contribution is -2.27. The zero-order chi connectivity index (χ0) is 20.1. The molecule has 0 saturated heterocycles. The zero-order valence-electron chi connectivity index (χ0n) is 16.8. The number of nitrogens with one attached hydrogen (secondary N) is 1. The van der Waals surface area contributed by atoms with E-state index in [-0.39, 0.29) is 17.7 Å². The van der Waals surface area contributed by atoms with Gasteiger partial charge in [0.15, 0.2) is 5.58 Å². The topological polar surface area (TPSA) is 64.2 Å². The molecule has 5 heteroatoms. The first-order valence-electron chi connectivity index (χ1n) is 9.90. The number of carbonyl (C=O) groups is 1. The van der Waals surface area contributed by atoms with Crippen molar-refractivity contribution in [2.75, 3.05) is 0 Å². The lowest BCUT2D eigenvalue weighted by atomic mass is 10.00. The number of carbonyl (C=O) groups excluding carboxylic acids is 1. The van der Waals surface area contributed by atoms with Crippen molar-refractivity contribution < 1.29 is 9.21 Å². The number of aryl methyl sites for hydroxylation is 1. The maximum absolute atomic E-state index is 12.3. The molecule has 3 aromatic rings. The summed E-state index contributed by atoms with van der Waals surface area (Å²) < 4.78 is 6.80. The van der Waals surface area contributed by atoms with Gasteiger partial charge in [-0.05, 0) is 48.9 Å². The highest BCUT2D eigenvalue weighted by Crippen LogP contribution is 2.16. The summed E-state index contributed by atoms with van der Waals surface area (Å²) in [6.07, 6.45) is 2.00. The highest BCUT2D eigenvalue weighted by atomic mass is 16.4. The summed E-state index contributed by atoms with van der Waals surface area (Å²) in [5.41, 5.74) is 3.75. The Morgan fingerprint density at radius 1 is 1.07 bits per heavy atom. The van der Waals surface area contributed by atoms with Gasteiger partial charge in [0.1, 0.15) is 0 Å². The number of hydrogen-bond donors (Lipinski definition) is 1. The molecule has 1 N–H and O–H groups in total. The molecule has 28 heavy (non-hydrogen) atoms. The number of amides is 1. The van der Waals surface area contributed by atoms with Crippen molar-refractivity contribution in [1.29, 1.82) is 0 Å². The van der Waals surface area contributed by atoms with Gasteiger partial charge in [-0.2, -0.15) is 0 Å². The Bertz CT molecular complexity index is 983. The molecular weight excluding hydrogens is 352 g/mol. The van der Waals surface area contributed by atoms with Crippen molar-refractivity contribution in [3.05, 3.63) is 70.2 Å². The van der Waals surface area contributed by atoms with Crippen LogP contribution in [0.25, 0.3) is 11.1 Å². The lowest BCUT2D eigenvalue weighted by molar-refractivity contribution is -0.121. The second-order valence-corrected chi connectivity index (χ2v) is 7.72. The number of aromatic nitrogens is 1. The van der Waals surface area contributed by atoms with Crippen molar-refractivity contribution in [2.45, 2.75) is 52.6 Å². The minimum Gasteiger partial charge on any atom is -0.408 e. The molecule has 148 valence electrons. The molecule has 0 fully saturated rings. The van der Waals surface area contributed by atoms with E-state index in [1.165, 1.54) is 5.56 Å². The van der Waals surface area contributed by atoms with E-state index in [0.29, 0.717) is 30.9 Å². The maximum Gasteiger partial charge on any atom is 0.419 e. The van der Waals surface area contributed by atoms with Gasteiger partial charge in [-0.3, -0.25) is 9.36 Å². The summed E-state index contributed by atoms with van der Waals surface area (Å²) in [5.74, 6) is 0.235. The quantitative estimate of drug-likeness (QED) is 0.628. The fourth-order valence-corrected chi connectivity index (χ4v) is 3.43. The third-order valence-electron chi connectivity index (χ3n) is 4.86. The van der Waals surface area contributed by atoms with Crippen LogP contribution in [0.5, 0.6) is 0 Å². The van der Waals surface area contributed by atoms with E-state index in [0.717, 1.165) is 17.5 Å². The highest BCUT2D eigenvalue weighted by Gasteiger charge is 2.12. The van der Waals surface area contributed by atoms with Gasteiger partial charge < -0.3 is 9.73 Å². The molecular formula is C23H28N2O3. The van der Waals surface area contributed by atoms with E-state index in [9.17, 15) is 9.59 Å². The van der Waals surface area contributed by atoms with Crippen molar-refractivity contribution in [1.82, 2.24) is 9.88 Å². The molecule has 1 amide bonds. The van der Waals surface area contributed by atoms with Gasteiger partial charge in [0, 0.05) is 13.0 Å². The van der Waals surface area contributed by atoms with E-state index >= 15 is 0 Å². The zero-order valence-corrected chi connectivity index (χ0v) is 16.8. The van der Waals surface area contributed by atoms with Crippen LogP contribution in [0.3, 0.4) is 0 Å². The first-order valence-corrected chi connectivity index (χ1v) is 9.90. The summed E-state index contributed by atoms with van der Waals surface area (Å²) in [5, 5.41) is 3.04. The first-order chi connectivity index (χ1) is 13.4. The summed E-state index contributed by atoms with van der Waals surface area (Å²) in [6.45, 7) is 6.86. The predicted molar refractivity (Wildman–Crippen MR) is 111 cm³/mol. The van der Waals surface area contributed by atoms with Crippen LogP contribution < -0.4 is 11.1 Å². The minimum absolute atomic E-state index is 0.0143. The molecule has 0 aliphatic heterocycles. The summed E-state index contributed by atoms with van der Waals surface area (Å²) in [7, 11) is 0. The number of hydrogen-bond acceptors (Lipinski definition) is 3. The van der Waals surface area contributed by atoms with Gasteiger partial charge in [-0.15, -0.1) is 0 Å². The fraction of sp³-hybridized carbons (Fsp3) is 0.391. The van der Waals surface area contributed by atoms with Crippen LogP contribution in [0.4, 0.5) is 0 Å². The number of benzene rings is 2. The van der Waals surface area contributed by atoms with E-state index in [2.05, 4.69) is 43.4 Å². The Balaban J connectivity index is 1.51. The molecule has 0 bridgehead atoms. The largest absolute Gasteiger partial charge is 0.419 e. The smallest absolute Gasteiger partial charge is 0.408 e. The Kier molecular flexibility index (Phi) is 6.34. The third-order valence-corrected chi connectivity index (χ3v) is 4.86. The van der Waals surface area contributed by atoms with Gasteiger partial charge in [0.25, 0.3) is 0 Å². The second kappa shape index (κ2) is 8.91. The standard InChI is InChI=1S/C23H28N2O3/c1-16(2)15-18-10-12-19(13-11-18)17(3)24-22(26)9-6-14-25-20-7-4-5-8-21(20)28-23(25)27/h4-5,7-8,10-13,16-17H,6,9,14-15H2,1-3H3,(H,24,26). The molecule has 1 aromatic heterocycles. The van der Waals surface area contributed by atoms with Crippen LogP contribution in [0, 0.1) is 5.92 Å². The first kappa shape index (κ1) is 19.9. The number of fused-ring (bicyclic) bond motifs is 1. The number of oxazole rings is 1. The molecule has 0 saturated carbocycles. The normalized spacial score (nSPS) is 12.4. The average molecular weight is 380 g/mol. The number of nitrogens with zero attached hydrogens (tertiary/aromatic N) is 1. The maximum atomic E-state index is 12.3. The predicted octanol–water partition coefficient (Wildman–Crippen LogP) is 4.45. The SMILES string of the molecule is CC(C)Cc1ccc(C(C)NC(=O)CCCn2c(=O)oc3ccccc32)cc1. The van der Waals surface area contributed by atoms with Crippen molar-refractivity contribution >= 4 is 17.0 Å².